The van der Waals surface area contributed by atoms with Crippen LogP contribution < -0.4 is 0 Å². The molecule has 0 fully saturated rings. The van der Waals surface area contributed by atoms with Crippen LogP contribution in [0.15, 0.2) is 25.3 Å². The minimum Gasteiger partial charge on any atom is -0.324 e. The minimum absolute atomic E-state index is 0.0867. The van der Waals surface area contributed by atoms with Crippen LogP contribution in [0.25, 0.3) is 0 Å². The van der Waals surface area contributed by atoms with E-state index in [0.29, 0.717) is 12.8 Å². The predicted octanol–water partition coefficient (Wildman–Crippen LogP) is 1.89. The van der Waals surface area contributed by atoms with Gasteiger partial charge >= 0.3 is 7.60 Å². The molecule has 0 aromatic rings. The van der Waals surface area contributed by atoms with Gasteiger partial charge < -0.3 is 9.79 Å². The van der Waals surface area contributed by atoms with E-state index in [1.54, 1.807) is 12.2 Å². The van der Waals surface area contributed by atoms with E-state index in [4.69, 9.17) is 9.79 Å². The fourth-order valence-electron chi connectivity index (χ4n) is 1.22. The summed E-state index contributed by atoms with van der Waals surface area (Å²) >= 11 is 0. The maximum absolute atomic E-state index is 11.5. The van der Waals surface area contributed by atoms with Crippen LogP contribution in [0.4, 0.5) is 0 Å². The standard InChI is InChI=1S/C10H17O4P/c1-3-5-9(6-4-2)10(11)7-8-15(12,13)14/h3-4,9H,1-2,5-8H2,(H2,12,13,14). The van der Waals surface area contributed by atoms with E-state index in [0.717, 1.165) is 0 Å². The summed E-state index contributed by atoms with van der Waals surface area (Å²) in [6.07, 6.45) is 3.83. The summed E-state index contributed by atoms with van der Waals surface area (Å²) in [6.45, 7) is 7.07. The van der Waals surface area contributed by atoms with E-state index in [1.807, 2.05) is 0 Å². The lowest BCUT2D eigenvalue weighted by molar-refractivity contribution is -0.122. The van der Waals surface area contributed by atoms with Crippen LogP contribution in [0.5, 0.6) is 0 Å². The zero-order valence-electron chi connectivity index (χ0n) is 8.63. The first-order valence-corrected chi connectivity index (χ1v) is 6.49. The minimum atomic E-state index is -4.07. The molecule has 5 heteroatoms. The highest BCUT2D eigenvalue weighted by molar-refractivity contribution is 7.51. The molecule has 0 aromatic heterocycles. The van der Waals surface area contributed by atoms with Gasteiger partial charge in [0.1, 0.15) is 5.78 Å². The van der Waals surface area contributed by atoms with Gasteiger partial charge in [-0.2, -0.15) is 0 Å². The van der Waals surface area contributed by atoms with E-state index >= 15 is 0 Å². The van der Waals surface area contributed by atoms with Gasteiger partial charge in [-0.3, -0.25) is 9.36 Å². The average Bonchev–Trinajstić information content (AvgIpc) is 2.13. The van der Waals surface area contributed by atoms with Crippen molar-refractivity contribution in [2.24, 2.45) is 5.92 Å². The van der Waals surface area contributed by atoms with E-state index in [-0.39, 0.29) is 24.3 Å². The van der Waals surface area contributed by atoms with Crippen LogP contribution in [0, 0.1) is 5.92 Å². The average molecular weight is 232 g/mol. The summed E-state index contributed by atoms with van der Waals surface area (Å²) in [4.78, 5) is 28.8. The Morgan fingerprint density at radius 1 is 1.27 bits per heavy atom. The molecule has 2 N–H and O–H groups in total. The number of hydrogen-bond acceptors (Lipinski definition) is 2. The Kier molecular flexibility index (Phi) is 6.41. The van der Waals surface area contributed by atoms with Crippen molar-refractivity contribution in [2.45, 2.75) is 19.3 Å². The molecule has 0 saturated carbocycles. The number of rotatable bonds is 8. The summed E-state index contributed by atoms with van der Waals surface area (Å²) in [6, 6.07) is 0. The first-order valence-electron chi connectivity index (χ1n) is 4.69. The molecular weight excluding hydrogens is 215 g/mol. The van der Waals surface area contributed by atoms with Crippen molar-refractivity contribution in [2.75, 3.05) is 6.16 Å². The molecule has 0 bridgehead atoms. The molecule has 0 rings (SSSR count). The maximum atomic E-state index is 11.5. The van der Waals surface area contributed by atoms with Crippen LogP contribution in [-0.4, -0.2) is 21.7 Å². The molecule has 0 radical (unpaired) electrons. The third-order valence-corrected chi connectivity index (χ3v) is 2.81. The SMILES string of the molecule is C=CCC(CC=C)C(=O)CCP(=O)(O)O. The molecule has 0 aliphatic heterocycles. The lowest BCUT2D eigenvalue weighted by Gasteiger charge is -2.11. The van der Waals surface area contributed by atoms with Crippen LogP contribution in [0.1, 0.15) is 19.3 Å². The number of allylic oxidation sites excluding steroid dienone is 2. The second-order valence-electron chi connectivity index (χ2n) is 3.35. The Morgan fingerprint density at radius 3 is 2.07 bits per heavy atom. The van der Waals surface area contributed by atoms with Gasteiger partial charge in [0, 0.05) is 12.3 Å². The summed E-state index contributed by atoms with van der Waals surface area (Å²) in [5, 5.41) is 0. The molecule has 0 aliphatic rings. The summed E-state index contributed by atoms with van der Waals surface area (Å²) in [5.74, 6) is -0.385. The Bertz CT molecular complexity index is 269. The van der Waals surface area contributed by atoms with Crippen LogP contribution in [0.2, 0.25) is 0 Å². The smallest absolute Gasteiger partial charge is 0.324 e. The fourth-order valence-corrected chi connectivity index (χ4v) is 1.73. The highest BCUT2D eigenvalue weighted by Gasteiger charge is 2.20. The lowest BCUT2D eigenvalue weighted by atomic mass is 9.95. The number of hydrogen-bond donors (Lipinski definition) is 2. The van der Waals surface area contributed by atoms with Crippen molar-refractivity contribution in [3.05, 3.63) is 25.3 Å². The first kappa shape index (κ1) is 14.3. The van der Waals surface area contributed by atoms with Crippen LogP contribution in [0.3, 0.4) is 0 Å². The molecule has 0 saturated heterocycles. The van der Waals surface area contributed by atoms with Gasteiger partial charge in [0.05, 0.1) is 6.16 Å². The highest BCUT2D eigenvalue weighted by Crippen LogP contribution is 2.35. The molecule has 0 atom stereocenters. The van der Waals surface area contributed by atoms with Gasteiger partial charge in [-0.05, 0) is 12.8 Å². The second kappa shape index (κ2) is 6.72. The van der Waals surface area contributed by atoms with Crippen molar-refractivity contribution in [3.63, 3.8) is 0 Å². The molecule has 0 aliphatic carbocycles. The van der Waals surface area contributed by atoms with Crippen LogP contribution >= 0.6 is 7.60 Å². The maximum Gasteiger partial charge on any atom is 0.326 e. The van der Waals surface area contributed by atoms with Gasteiger partial charge in [0.15, 0.2) is 0 Å². The Labute approximate surface area is 89.9 Å². The molecule has 4 nitrogen and oxygen atoms in total. The number of carbonyl (C=O) groups excluding carboxylic acids is 1. The van der Waals surface area contributed by atoms with Gasteiger partial charge in [-0.15, -0.1) is 13.2 Å². The van der Waals surface area contributed by atoms with Crippen LogP contribution in [-0.2, 0) is 9.36 Å². The highest BCUT2D eigenvalue weighted by atomic mass is 31.2. The Balaban J connectivity index is 4.19. The third-order valence-electron chi connectivity index (χ3n) is 2.01. The zero-order valence-corrected chi connectivity index (χ0v) is 9.53. The van der Waals surface area contributed by atoms with E-state index in [1.165, 1.54) is 0 Å². The van der Waals surface area contributed by atoms with E-state index < -0.39 is 7.60 Å². The molecule has 0 unspecified atom stereocenters. The van der Waals surface area contributed by atoms with Crippen molar-refractivity contribution >= 4 is 13.4 Å². The summed E-state index contributed by atoms with van der Waals surface area (Å²) in [7, 11) is -4.07. The first-order chi connectivity index (χ1) is 6.90. The number of ketones is 1. The van der Waals surface area contributed by atoms with E-state index in [9.17, 15) is 9.36 Å². The quantitative estimate of drug-likeness (QED) is 0.495. The molecule has 0 aromatic carbocycles. The fraction of sp³-hybridized carbons (Fsp3) is 0.500. The molecule has 15 heavy (non-hydrogen) atoms. The monoisotopic (exact) mass is 232 g/mol. The topological polar surface area (TPSA) is 74.6 Å². The van der Waals surface area contributed by atoms with Gasteiger partial charge in [-0.25, -0.2) is 0 Å². The molecular formula is C10H17O4P. The Morgan fingerprint density at radius 2 is 1.73 bits per heavy atom. The molecule has 86 valence electrons. The summed E-state index contributed by atoms with van der Waals surface area (Å²) in [5.41, 5.74) is 0. The Hall–Kier alpha value is -0.700. The van der Waals surface area contributed by atoms with Gasteiger partial charge in [-0.1, -0.05) is 12.2 Å². The van der Waals surface area contributed by atoms with Crippen molar-refractivity contribution in [1.29, 1.82) is 0 Å². The number of carbonyl (C=O) groups is 1. The lowest BCUT2D eigenvalue weighted by Crippen LogP contribution is -2.14. The van der Waals surface area contributed by atoms with Crippen molar-refractivity contribution < 1.29 is 19.1 Å². The second-order valence-corrected chi connectivity index (χ2v) is 5.13. The normalized spacial score (nSPS) is 11.4. The molecule has 0 spiro atoms. The summed E-state index contributed by atoms with van der Waals surface area (Å²) < 4.78 is 10.6. The van der Waals surface area contributed by atoms with E-state index in [2.05, 4.69) is 13.2 Å². The van der Waals surface area contributed by atoms with Crippen molar-refractivity contribution in [3.8, 4) is 0 Å². The van der Waals surface area contributed by atoms with Gasteiger partial charge in [0.25, 0.3) is 0 Å². The van der Waals surface area contributed by atoms with Gasteiger partial charge in [0.2, 0.25) is 0 Å². The van der Waals surface area contributed by atoms with Crippen molar-refractivity contribution in [1.82, 2.24) is 0 Å². The molecule has 0 amide bonds. The predicted molar refractivity (Wildman–Crippen MR) is 59.7 cm³/mol. The molecule has 0 heterocycles. The number of Topliss-reactive ketones (excluding diaryl/α,β-unsaturated/α-hetero) is 1. The zero-order chi connectivity index (χ0) is 11.9. The third kappa shape index (κ3) is 7.25. The largest absolute Gasteiger partial charge is 0.326 e.